The highest BCUT2D eigenvalue weighted by Crippen LogP contribution is 2.02. The summed E-state index contributed by atoms with van der Waals surface area (Å²) in [5, 5.41) is 5.54. The molecule has 0 aliphatic rings. The summed E-state index contributed by atoms with van der Waals surface area (Å²) in [5.74, 6) is 0.638. The molecule has 0 aliphatic heterocycles. The molecule has 0 bridgehead atoms. The van der Waals surface area contributed by atoms with Gasteiger partial charge >= 0.3 is 0 Å². The van der Waals surface area contributed by atoms with Gasteiger partial charge in [0.05, 0.1) is 0 Å². The van der Waals surface area contributed by atoms with Gasteiger partial charge < -0.3 is 15.2 Å². The molecule has 0 spiro atoms. The van der Waals surface area contributed by atoms with Crippen LogP contribution in [0.4, 0.5) is 5.95 Å². The summed E-state index contributed by atoms with van der Waals surface area (Å²) < 4.78 is 1.82. The SMILES string of the molecule is CNC(=O)C(C)Nc1nccn1C. The van der Waals surface area contributed by atoms with E-state index in [9.17, 15) is 4.79 Å². The Kier molecular flexibility index (Phi) is 2.89. The van der Waals surface area contributed by atoms with Crippen LogP contribution in [0.15, 0.2) is 12.4 Å². The Labute approximate surface area is 77.2 Å². The molecule has 5 nitrogen and oxygen atoms in total. The molecule has 1 amide bonds. The van der Waals surface area contributed by atoms with Crippen molar-refractivity contribution in [3.8, 4) is 0 Å². The topological polar surface area (TPSA) is 59.0 Å². The van der Waals surface area contributed by atoms with Gasteiger partial charge in [0.15, 0.2) is 0 Å². The normalized spacial score (nSPS) is 12.2. The lowest BCUT2D eigenvalue weighted by Crippen LogP contribution is -2.35. The van der Waals surface area contributed by atoms with Gasteiger partial charge in [0.25, 0.3) is 0 Å². The first kappa shape index (κ1) is 9.57. The number of nitrogens with zero attached hydrogens (tertiary/aromatic N) is 2. The molecule has 5 heteroatoms. The number of aryl methyl sites for hydroxylation is 1. The van der Waals surface area contributed by atoms with Crippen LogP contribution >= 0.6 is 0 Å². The molecule has 13 heavy (non-hydrogen) atoms. The van der Waals surface area contributed by atoms with Crippen LogP contribution in [0.5, 0.6) is 0 Å². The zero-order chi connectivity index (χ0) is 9.84. The maximum absolute atomic E-state index is 11.1. The highest BCUT2D eigenvalue weighted by atomic mass is 16.2. The number of nitrogens with one attached hydrogen (secondary N) is 2. The number of rotatable bonds is 3. The third kappa shape index (κ3) is 2.21. The number of likely N-dealkylation sites (N-methyl/N-ethyl adjacent to an activating group) is 1. The molecule has 2 N–H and O–H groups in total. The average molecular weight is 182 g/mol. The lowest BCUT2D eigenvalue weighted by molar-refractivity contribution is -0.121. The fourth-order valence-corrected chi connectivity index (χ4v) is 0.980. The van der Waals surface area contributed by atoms with Crippen LogP contribution in [0.1, 0.15) is 6.92 Å². The predicted molar refractivity (Wildman–Crippen MR) is 50.4 cm³/mol. The van der Waals surface area contributed by atoms with Crippen LogP contribution in [0.2, 0.25) is 0 Å². The molecule has 1 aromatic heterocycles. The summed E-state index contributed by atoms with van der Waals surface area (Å²) in [6, 6.07) is -0.272. The number of anilines is 1. The van der Waals surface area contributed by atoms with Crippen LogP contribution in [-0.2, 0) is 11.8 Å². The molecule has 0 fully saturated rings. The van der Waals surface area contributed by atoms with Gasteiger partial charge in [-0.25, -0.2) is 4.98 Å². The minimum absolute atomic E-state index is 0.0528. The number of hydrogen-bond donors (Lipinski definition) is 2. The van der Waals surface area contributed by atoms with Gasteiger partial charge in [0, 0.05) is 26.5 Å². The minimum Gasteiger partial charge on any atom is -0.357 e. The van der Waals surface area contributed by atoms with Crippen molar-refractivity contribution in [3.05, 3.63) is 12.4 Å². The number of carbonyl (C=O) groups excluding carboxylic acids is 1. The maximum Gasteiger partial charge on any atom is 0.242 e. The molecule has 72 valence electrons. The Bertz CT molecular complexity index is 294. The van der Waals surface area contributed by atoms with Crippen molar-refractivity contribution in [1.82, 2.24) is 14.9 Å². The second-order valence-electron chi connectivity index (χ2n) is 2.84. The van der Waals surface area contributed by atoms with Crippen molar-refractivity contribution in [3.63, 3.8) is 0 Å². The molecule has 1 unspecified atom stereocenters. The number of imidazole rings is 1. The summed E-state index contributed by atoms with van der Waals surface area (Å²) in [5.41, 5.74) is 0. The summed E-state index contributed by atoms with van der Waals surface area (Å²) in [6.45, 7) is 1.79. The molecule has 1 heterocycles. The van der Waals surface area contributed by atoms with E-state index in [0.717, 1.165) is 0 Å². The average Bonchev–Trinajstić information content (AvgIpc) is 2.50. The van der Waals surface area contributed by atoms with E-state index in [2.05, 4.69) is 15.6 Å². The Morgan fingerprint density at radius 2 is 2.38 bits per heavy atom. The first-order valence-electron chi connectivity index (χ1n) is 4.10. The van der Waals surface area contributed by atoms with Crippen LogP contribution in [-0.4, -0.2) is 28.5 Å². The standard InChI is InChI=1S/C8H14N4O/c1-6(7(13)9-2)11-8-10-4-5-12(8)3/h4-6H,1-3H3,(H,9,13)(H,10,11). The van der Waals surface area contributed by atoms with Crippen molar-refractivity contribution >= 4 is 11.9 Å². The smallest absolute Gasteiger partial charge is 0.242 e. The molecular weight excluding hydrogens is 168 g/mol. The van der Waals surface area contributed by atoms with Gasteiger partial charge in [-0.05, 0) is 6.92 Å². The molecule has 0 radical (unpaired) electrons. The van der Waals surface area contributed by atoms with E-state index in [4.69, 9.17) is 0 Å². The third-order valence-electron chi connectivity index (χ3n) is 1.81. The maximum atomic E-state index is 11.1. The van der Waals surface area contributed by atoms with Crippen LogP contribution in [0, 0.1) is 0 Å². The highest BCUT2D eigenvalue weighted by molar-refractivity contribution is 5.83. The van der Waals surface area contributed by atoms with Crippen molar-refractivity contribution in [2.45, 2.75) is 13.0 Å². The largest absolute Gasteiger partial charge is 0.357 e. The molecular formula is C8H14N4O. The second-order valence-corrected chi connectivity index (χ2v) is 2.84. The van der Waals surface area contributed by atoms with Crippen LogP contribution in [0.25, 0.3) is 0 Å². The highest BCUT2D eigenvalue weighted by Gasteiger charge is 2.11. The zero-order valence-corrected chi connectivity index (χ0v) is 8.03. The van der Waals surface area contributed by atoms with E-state index in [0.29, 0.717) is 5.95 Å². The van der Waals surface area contributed by atoms with E-state index in [-0.39, 0.29) is 11.9 Å². The van der Waals surface area contributed by atoms with Gasteiger partial charge in [-0.1, -0.05) is 0 Å². The van der Waals surface area contributed by atoms with Crippen LogP contribution < -0.4 is 10.6 Å². The molecule has 1 rings (SSSR count). The monoisotopic (exact) mass is 182 g/mol. The van der Waals surface area contributed by atoms with Gasteiger partial charge in [0.2, 0.25) is 11.9 Å². The van der Waals surface area contributed by atoms with Gasteiger partial charge in [-0.15, -0.1) is 0 Å². The molecule has 0 aromatic carbocycles. The van der Waals surface area contributed by atoms with Gasteiger partial charge in [0.1, 0.15) is 6.04 Å². The summed E-state index contributed by atoms with van der Waals surface area (Å²) in [7, 11) is 3.48. The van der Waals surface area contributed by atoms with Gasteiger partial charge in [-0.3, -0.25) is 4.79 Å². The van der Waals surface area contributed by atoms with Crippen molar-refractivity contribution < 1.29 is 4.79 Å². The Morgan fingerprint density at radius 3 is 2.85 bits per heavy atom. The summed E-state index contributed by atoms with van der Waals surface area (Å²) >= 11 is 0. The third-order valence-corrected chi connectivity index (χ3v) is 1.81. The quantitative estimate of drug-likeness (QED) is 0.690. The number of hydrogen-bond acceptors (Lipinski definition) is 3. The summed E-state index contributed by atoms with van der Waals surface area (Å²) in [6.07, 6.45) is 3.50. The van der Waals surface area contributed by atoms with E-state index >= 15 is 0 Å². The van der Waals surface area contributed by atoms with E-state index < -0.39 is 0 Å². The fourth-order valence-electron chi connectivity index (χ4n) is 0.980. The predicted octanol–water partition coefficient (Wildman–Crippen LogP) is -0.0335. The van der Waals surface area contributed by atoms with E-state index in [1.807, 2.05) is 17.8 Å². The fraction of sp³-hybridized carbons (Fsp3) is 0.500. The van der Waals surface area contributed by atoms with Crippen molar-refractivity contribution in [2.24, 2.45) is 7.05 Å². The number of amides is 1. The first-order chi connectivity index (χ1) is 6.15. The molecule has 0 saturated heterocycles. The minimum atomic E-state index is -0.272. The molecule has 0 saturated carbocycles. The Balaban J connectivity index is 2.59. The van der Waals surface area contributed by atoms with Gasteiger partial charge in [-0.2, -0.15) is 0 Å². The molecule has 1 aromatic rings. The lowest BCUT2D eigenvalue weighted by Gasteiger charge is -2.12. The number of aromatic nitrogens is 2. The van der Waals surface area contributed by atoms with Crippen LogP contribution in [0.3, 0.4) is 0 Å². The summed E-state index contributed by atoms with van der Waals surface area (Å²) in [4.78, 5) is 15.2. The Morgan fingerprint density at radius 1 is 1.69 bits per heavy atom. The zero-order valence-electron chi connectivity index (χ0n) is 8.03. The number of carbonyl (C=O) groups is 1. The van der Waals surface area contributed by atoms with Crippen molar-refractivity contribution in [1.29, 1.82) is 0 Å². The Hall–Kier alpha value is -1.52. The van der Waals surface area contributed by atoms with E-state index in [1.165, 1.54) is 0 Å². The van der Waals surface area contributed by atoms with Crippen molar-refractivity contribution in [2.75, 3.05) is 12.4 Å². The molecule has 0 aliphatic carbocycles. The second kappa shape index (κ2) is 3.93. The lowest BCUT2D eigenvalue weighted by atomic mass is 10.3. The first-order valence-corrected chi connectivity index (χ1v) is 4.10. The molecule has 1 atom stereocenters. The van der Waals surface area contributed by atoms with E-state index in [1.54, 1.807) is 20.2 Å².